The molecule has 0 aromatic carbocycles. The summed E-state index contributed by atoms with van der Waals surface area (Å²) in [7, 11) is 1.94. The molecule has 1 aliphatic rings. The lowest BCUT2D eigenvalue weighted by Gasteiger charge is -2.10. The second-order valence-electron chi connectivity index (χ2n) is 4.17. The zero-order valence-corrected chi connectivity index (χ0v) is 10.1. The summed E-state index contributed by atoms with van der Waals surface area (Å²) in [4.78, 5) is 8.41. The molecule has 6 nitrogen and oxygen atoms in total. The molecule has 2 rings (SSSR count). The summed E-state index contributed by atoms with van der Waals surface area (Å²) >= 11 is 0. The summed E-state index contributed by atoms with van der Waals surface area (Å²) in [5, 5.41) is 3.07. The Morgan fingerprint density at radius 2 is 2.65 bits per heavy atom. The number of aromatic nitrogens is 2. The van der Waals surface area contributed by atoms with Crippen LogP contribution in [-0.4, -0.2) is 34.8 Å². The maximum Gasteiger partial charge on any atom is 0.189 e. The number of ether oxygens (including phenoxy) is 1. The third kappa shape index (κ3) is 3.45. The first-order chi connectivity index (χ1) is 8.25. The van der Waals surface area contributed by atoms with Crippen LogP contribution in [0.2, 0.25) is 0 Å². The van der Waals surface area contributed by atoms with Crippen LogP contribution in [0.1, 0.15) is 18.7 Å². The molecule has 1 fully saturated rings. The molecule has 0 aliphatic carbocycles. The Bertz CT molecular complexity index is 381. The molecule has 1 atom stereocenters. The third-order valence-electron chi connectivity index (χ3n) is 2.85. The van der Waals surface area contributed by atoms with Gasteiger partial charge in [0.05, 0.1) is 6.10 Å². The normalized spacial score (nSPS) is 20.8. The quantitative estimate of drug-likeness (QED) is 0.571. The Morgan fingerprint density at radius 1 is 1.76 bits per heavy atom. The van der Waals surface area contributed by atoms with Crippen molar-refractivity contribution in [2.75, 3.05) is 13.2 Å². The lowest BCUT2D eigenvalue weighted by Crippen LogP contribution is -2.37. The van der Waals surface area contributed by atoms with Crippen molar-refractivity contribution in [2.45, 2.75) is 25.5 Å². The largest absolute Gasteiger partial charge is 0.376 e. The molecule has 6 heteroatoms. The average molecular weight is 237 g/mol. The molecule has 0 bridgehead atoms. The molecule has 0 amide bonds. The Hall–Kier alpha value is -1.56. The van der Waals surface area contributed by atoms with Gasteiger partial charge in [-0.2, -0.15) is 0 Å². The highest BCUT2D eigenvalue weighted by Crippen LogP contribution is 2.10. The van der Waals surface area contributed by atoms with Crippen molar-refractivity contribution in [2.24, 2.45) is 17.8 Å². The Morgan fingerprint density at radius 3 is 3.29 bits per heavy atom. The van der Waals surface area contributed by atoms with E-state index in [4.69, 9.17) is 10.5 Å². The van der Waals surface area contributed by atoms with Crippen molar-refractivity contribution in [1.29, 1.82) is 0 Å². The summed E-state index contributed by atoms with van der Waals surface area (Å²) in [6.07, 6.45) is 6.15. The van der Waals surface area contributed by atoms with Gasteiger partial charge in [-0.3, -0.25) is 0 Å². The number of nitrogens with zero attached hydrogens (tertiary/aromatic N) is 3. The van der Waals surface area contributed by atoms with E-state index in [2.05, 4.69) is 15.3 Å². The number of hydrogen-bond acceptors (Lipinski definition) is 3. The molecule has 1 aliphatic heterocycles. The van der Waals surface area contributed by atoms with Crippen molar-refractivity contribution < 1.29 is 4.74 Å². The Labute approximate surface area is 101 Å². The van der Waals surface area contributed by atoms with Crippen LogP contribution >= 0.6 is 0 Å². The molecule has 0 saturated carbocycles. The van der Waals surface area contributed by atoms with E-state index in [1.165, 1.54) is 0 Å². The van der Waals surface area contributed by atoms with Gasteiger partial charge >= 0.3 is 0 Å². The van der Waals surface area contributed by atoms with Gasteiger partial charge in [-0.05, 0) is 12.8 Å². The highest BCUT2D eigenvalue weighted by molar-refractivity contribution is 5.77. The summed E-state index contributed by atoms with van der Waals surface area (Å²) < 4.78 is 7.41. The fourth-order valence-electron chi connectivity index (χ4n) is 1.78. The van der Waals surface area contributed by atoms with E-state index in [1.807, 2.05) is 17.8 Å². The second kappa shape index (κ2) is 5.67. The molecule has 17 heavy (non-hydrogen) atoms. The minimum absolute atomic E-state index is 0.275. The maximum absolute atomic E-state index is 5.76. The number of aliphatic imine (C=N–C) groups is 1. The van der Waals surface area contributed by atoms with Crippen LogP contribution in [0.3, 0.4) is 0 Å². The summed E-state index contributed by atoms with van der Waals surface area (Å²) in [5.41, 5.74) is 5.76. The highest BCUT2D eigenvalue weighted by Gasteiger charge is 2.14. The van der Waals surface area contributed by atoms with Gasteiger partial charge in [0.25, 0.3) is 0 Å². The first-order valence-electron chi connectivity index (χ1n) is 5.87. The topological polar surface area (TPSA) is 77.5 Å². The molecular weight excluding hydrogens is 218 g/mol. The Kier molecular flexibility index (Phi) is 3.98. The molecule has 94 valence electrons. The second-order valence-corrected chi connectivity index (χ2v) is 4.17. The van der Waals surface area contributed by atoms with Crippen LogP contribution in [0.15, 0.2) is 17.4 Å². The molecule has 1 aromatic rings. The molecule has 1 saturated heterocycles. The van der Waals surface area contributed by atoms with Gasteiger partial charge < -0.3 is 20.4 Å². The summed E-state index contributed by atoms with van der Waals surface area (Å²) in [6.45, 7) is 2.08. The number of aryl methyl sites for hydroxylation is 1. The van der Waals surface area contributed by atoms with Crippen molar-refractivity contribution in [3.8, 4) is 0 Å². The molecule has 0 spiro atoms. The zero-order valence-electron chi connectivity index (χ0n) is 10.1. The van der Waals surface area contributed by atoms with Gasteiger partial charge in [0.1, 0.15) is 12.4 Å². The van der Waals surface area contributed by atoms with Crippen LogP contribution in [0.4, 0.5) is 0 Å². The smallest absolute Gasteiger partial charge is 0.189 e. The SMILES string of the molecule is Cn1ccnc1CN=C(N)NCC1CCCO1. The molecule has 1 unspecified atom stereocenters. The molecule has 3 N–H and O–H groups in total. The number of hydrogen-bond donors (Lipinski definition) is 2. The van der Waals surface area contributed by atoms with Crippen molar-refractivity contribution in [3.63, 3.8) is 0 Å². The third-order valence-corrected chi connectivity index (χ3v) is 2.85. The number of guanidine groups is 1. The van der Waals surface area contributed by atoms with Gasteiger partial charge in [-0.25, -0.2) is 9.98 Å². The molecule has 0 radical (unpaired) electrons. The summed E-state index contributed by atoms with van der Waals surface area (Å²) in [6, 6.07) is 0. The first-order valence-corrected chi connectivity index (χ1v) is 5.87. The van der Waals surface area contributed by atoms with E-state index in [9.17, 15) is 0 Å². The fourth-order valence-corrected chi connectivity index (χ4v) is 1.78. The molecule has 2 heterocycles. The van der Waals surface area contributed by atoms with Gasteiger partial charge in [-0.1, -0.05) is 0 Å². The minimum Gasteiger partial charge on any atom is -0.376 e. The van der Waals surface area contributed by atoms with Crippen LogP contribution in [0.5, 0.6) is 0 Å². The lowest BCUT2D eigenvalue weighted by atomic mass is 10.2. The number of nitrogens with two attached hydrogens (primary N) is 1. The number of imidazole rings is 1. The van der Waals surface area contributed by atoms with Crippen LogP contribution in [-0.2, 0) is 18.3 Å². The Balaban J connectivity index is 1.75. The fraction of sp³-hybridized carbons (Fsp3) is 0.636. The monoisotopic (exact) mass is 237 g/mol. The lowest BCUT2D eigenvalue weighted by molar-refractivity contribution is 0.114. The van der Waals surface area contributed by atoms with Gasteiger partial charge in [-0.15, -0.1) is 0 Å². The highest BCUT2D eigenvalue weighted by atomic mass is 16.5. The van der Waals surface area contributed by atoms with E-state index in [-0.39, 0.29) is 6.10 Å². The van der Waals surface area contributed by atoms with Gasteiger partial charge in [0.2, 0.25) is 0 Å². The van der Waals surface area contributed by atoms with Crippen molar-refractivity contribution >= 4 is 5.96 Å². The van der Waals surface area contributed by atoms with E-state index in [1.54, 1.807) is 6.20 Å². The van der Waals surface area contributed by atoms with Crippen molar-refractivity contribution in [3.05, 3.63) is 18.2 Å². The van der Waals surface area contributed by atoms with Crippen LogP contribution < -0.4 is 11.1 Å². The van der Waals surface area contributed by atoms with E-state index in [0.29, 0.717) is 12.5 Å². The van der Waals surface area contributed by atoms with E-state index < -0.39 is 0 Å². The molecular formula is C11H19N5O. The van der Waals surface area contributed by atoms with Gasteiger partial charge in [0.15, 0.2) is 5.96 Å². The first kappa shape index (κ1) is 11.9. The minimum atomic E-state index is 0.275. The van der Waals surface area contributed by atoms with Crippen molar-refractivity contribution in [1.82, 2.24) is 14.9 Å². The van der Waals surface area contributed by atoms with Crippen LogP contribution in [0, 0.1) is 0 Å². The summed E-state index contributed by atoms with van der Waals surface area (Å²) in [5.74, 6) is 1.34. The predicted octanol–water partition coefficient (Wildman–Crippen LogP) is 0.00340. The van der Waals surface area contributed by atoms with Gasteiger partial charge in [0, 0.05) is 32.6 Å². The predicted molar refractivity (Wildman–Crippen MR) is 65.5 cm³/mol. The average Bonchev–Trinajstić information content (AvgIpc) is 2.95. The molecule has 1 aromatic heterocycles. The maximum atomic E-state index is 5.76. The zero-order chi connectivity index (χ0) is 12.1. The van der Waals surface area contributed by atoms with E-state index in [0.717, 1.165) is 31.8 Å². The number of nitrogens with one attached hydrogen (secondary N) is 1. The number of rotatable bonds is 4. The standard InChI is InChI=1S/C11H19N5O/c1-16-5-4-13-10(16)8-15-11(12)14-7-9-3-2-6-17-9/h4-5,9H,2-3,6-8H2,1H3,(H3,12,14,15). The van der Waals surface area contributed by atoms with Crippen LogP contribution in [0.25, 0.3) is 0 Å². The van der Waals surface area contributed by atoms with E-state index >= 15 is 0 Å².